The smallest absolute Gasteiger partial charge is 0.258 e. The molecule has 2 unspecified atom stereocenters. The second kappa shape index (κ2) is 6.07. The molecule has 3 nitrogen and oxygen atoms in total. The minimum atomic E-state index is -0.670. The highest BCUT2D eigenvalue weighted by Crippen LogP contribution is 2.28. The first kappa shape index (κ1) is 15.0. The zero-order valence-electron chi connectivity index (χ0n) is 11.9. The molecule has 2 aromatic carbocycles. The van der Waals surface area contributed by atoms with Crippen LogP contribution in [-0.4, -0.2) is 17.1 Å². The van der Waals surface area contributed by atoms with E-state index in [1.807, 2.05) is 31.2 Å². The average molecular weight is 332 g/mol. The summed E-state index contributed by atoms with van der Waals surface area (Å²) in [7, 11) is 0. The molecule has 1 heterocycles. The van der Waals surface area contributed by atoms with Gasteiger partial charge >= 0.3 is 0 Å². The molecule has 2 atom stereocenters. The summed E-state index contributed by atoms with van der Waals surface area (Å²) in [6.45, 7) is 2.02. The van der Waals surface area contributed by atoms with Gasteiger partial charge in [-0.25, -0.2) is 0 Å². The van der Waals surface area contributed by atoms with Gasteiger partial charge in [-0.3, -0.25) is 4.79 Å². The molecular weight excluding hydrogens is 318 g/mol. The fourth-order valence-corrected chi connectivity index (χ4v) is 2.79. The van der Waals surface area contributed by atoms with Gasteiger partial charge in [0.2, 0.25) is 5.78 Å². The van der Waals surface area contributed by atoms with Gasteiger partial charge < -0.3 is 10.1 Å². The van der Waals surface area contributed by atoms with Crippen LogP contribution in [0.15, 0.2) is 48.5 Å². The maximum Gasteiger partial charge on any atom is 0.258 e. The number of hydrogen-bond acceptors (Lipinski definition) is 3. The number of carbonyl (C=O) groups excluding carboxylic acids is 1. The predicted molar refractivity (Wildman–Crippen MR) is 90.3 cm³/mol. The minimum Gasteiger partial charge on any atom is -0.457 e. The van der Waals surface area contributed by atoms with Crippen molar-refractivity contribution in [3.63, 3.8) is 0 Å². The molecule has 1 aliphatic heterocycles. The van der Waals surface area contributed by atoms with E-state index in [0.717, 1.165) is 11.1 Å². The van der Waals surface area contributed by atoms with Crippen LogP contribution in [-0.2, 0) is 4.74 Å². The zero-order chi connectivity index (χ0) is 15.7. The van der Waals surface area contributed by atoms with Gasteiger partial charge in [0.05, 0.1) is 6.04 Å². The molecule has 0 aliphatic carbocycles. The molecule has 0 aromatic heterocycles. The number of hydrogen-bond donors (Lipinski definition) is 1. The minimum absolute atomic E-state index is 0.116. The summed E-state index contributed by atoms with van der Waals surface area (Å²) in [6.07, 6.45) is -0.670. The molecule has 0 spiro atoms. The van der Waals surface area contributed by atoms with Crippen LogP contribution < -0.4 is 5.32 Å². The van der Waals surface area contributed by atoms with Crippen molar-refractivity contribution in [3.05, 3.63) is 70.2 Å². The number of benzene rings is 2. The maximum atomic E-state index is 12.7. The van der Waals surface area contributed by atoms with E-state index in [4.69, 9.17) is 28.6 Å². The highest BCUT2D eigenvalue weighted by molar-refractivity contribution is 7.80. The van der Waals surface area contributed by atoms with Crippen molar-refractivity contribution in [3.8, 4) is 0 Å². The molecule has 1 fully saturated rings. The number of Topliss-reactive ketones (excluding diaryl/α,β-unsaturated/α-hetero) is 1. The second-order valence-electron chi connectivity index (χ2n) is 5.23. The summed E-state index contributed by atoms with van der Waals surface area (Å²) in [6, 6.07) is 14.5. The number of aryl methyl sites for hydroxylation is 1. The molecule has 1 aliphatic rings. The Morgan fingerprint density at radius 2 is 1.77 bits per heavy atom. The summed E-state index contributed by atoms with van der Waals surface area (Å²) in [5.41, 5.74) is 2.68. The van der Waals surface area contributed by atoms with Crippen molar-refractivity contribution in [1.82, 2.24) is 5.32 Å². The molecule has 5 heteroatoms. The number of thiocarbonyl (C=S) groups is 1. The Kier molecular flexibility index (Phi) is 4.14. The first-order valence-corrected chi connectivity index (χ1v) is 7.67. The van der Waals surface area contributed by atoms with Crippen molar-refractivity contribution in [2.75, 3.05) is 0 Å². The van der Waals surface area contributed by atoms with Gasteiger partial charge in [-0.15, -0.1) is 0 Å². The third-order valence-electron chi connectivity index (χ3n) is 3.63. The molecular formula is C17H14ClNO2S. The van der Waals surface area contributed by atoms with Crippen LogP contribution in [0.5, 0.6) is 0 Å². The van der Waals surface area contributed by atoms with E-state index in [9.17, 15) is 4.79 Å². The third-order valence-corrected chi connectivity index (χ3v) is 4.10. The summed E-state index contributed by atoms with van der Waals surface area (Å²) < 4.78 is 5.54. The van der Waals surface area contributed by atoms with Crippen LogP contribution in [0.3, 0.4) is 0 Å². The number of ketones is 1. The number of nitrogens with one attached hydrogen (secondary N) is 1. The Bertz CT molecular complexity index is 712. The Hall–Kier alpha value is -1.91. The third kappa shape index (κ3) is 2.98. The first-order chi connectivity index (χ1) is 10.5. The predicted octanol–water partition coefficient (Wildman–Crippen LogP) is 3.85. The van der Waals surface area contributed by atoms with Gasteiger partial charge in [-0.1, -0.05) is 41.4 Å². The van der Waals surface area contributed by atoms with Gasteiger partial charge in [0, 0.05) is 10.6 Å². The summed E-state index contributed by atoms with van der Waals surface area (Å²) in [5, 5.41) is 3.90. The Morgan fingerprint density at radius 1 is 1.14 bits per heavy atom. The van der Waals surface area contributed by atoms with Crippen LogP contribution in [0.25, 0.3) is 0 Å². The van der Waals surface area contributed by atoms with Crippen LogP contribution >= 0.6 is 23.8 Å². The molecule has 0 bridgehead atoms. The fourth-order valence-electron chi connectivity index (χ4n) is 2.44. The lowest BCUT2D eigenvalue weighted by atomic mass is 9.95. The molecule has 1 saturated heterocycles. The largest absolute Gasteiger partial charge is 0.457 e. The number of rotatable bonds is 3. The summed E-state index contributed by atoms with van der Waals surface area (Å²) >= 11 is 10.9. The lowest BCUT2D eigenvalue weighted by molar-refractivity contribution is 0.0787. The Labute approximate surface area is 139 Å². The molecule has 3 rings (SSSR count). The second-order valence-corrected chi connectivity index (χ2v) is 6.04. The van der Waals surface area contributed by atoms with Gasteiger partial charge in [-0.2, -0.15) is 0 Å². The van der Waals surface area contributed by atoms with E-state index in [2.05, 4.69) is 5.32 Å². The van der Waals surface area contributed by atoms with Crippen LogP contribution in [0, 0.1) is 6.92 Å². The SMILES string of the molecule is Cc1ccc(C2NC(=S)OC2C(=O)c2ccc(Cl)cc2)cc1. The molecule has 2 aromatic rings. The van der Waals surface area contributed by atoms with E-state index in [1.165, 1.54) is 0 Å². The molecule has 1 N–H and O–H groups in total. The van der Waals surface area contributed by atoms with E-state index in [-0.39, 0.29) is 17.0 Å². The van der Waals surface area contributed by atoms with Crippen molar-refractivity contribution in [1.29, 1.82) is 0 Å². The van der Waals surface area contributed by atoms with Crippen LogP contribution in [0.2, 0.25) is 5.02 Å². The van der Waals surface area contributed by atoms with E-state index in [0.29, 0.717) is 10.6 Å². The standard InChI is InChI=1S/C17H14ClNO2S/c1-10-2-4-11(5-3-10)14-16(21-17(22)19-14)15(20)12-6-8-13(18)9-7-12/h2-9,14,16H,1H3,(H,19,22). The van der Waals surface area contributed by atoms with Crippen molar-refractivity contribution in [2.45, 2.75) is 19.1 Å². The highest BCUT2D eigenvalue weighted by Gasteiger charge is 2.38. The van der Waals surface area contributed by atoms with Gasteiger partial charge in [0.1, 0.15) is 0 Å². The number of halogens is 1. The lowest BCUT2D eigenvalue weighted by Crippen LogP contribution is -2.29. The van der Waals surface area contributed by atoms with Crippen molar-refractivity contribution < 1.29 is 9.53 Å². The van der Waals surface area contributed by atoms with E-state index in [1.54, 1.807) is 24.3 Å². The quantitative estimate of drug-likeness (QED) is 0.685. The molecule has 0 amide bonds. The number of carbonyl (C=O) groups is 1. The maximum absolute atomic E-state index is 12.7. The highest BCUT2D eigenvalue weighted by atomic mass is 35.5. The first-order valence-electron chi connectivity index (χ1n) is 6.88. The van der Waals surface area contributed by atoms with Gasteiger partial charge in [0.25, 0.3) is 5.17 Å². The zero-order valence-corrected chi connectivity index (χ0v) is 13.4. The van der Waals surface area contributed by atoms with E-state index >= 15 is 0 Å². The lowest BCUT2D eigenvalue weighted by Gasteiger charge is -2.17. The Balaban J connectivity index is 1.90. The van der Waals surface area contributed by atoms with Crippen LogP contribution in [0.1, 0.15) is 27.5 Å². The van der Waals surface area contributed by atoms with Crippen LogP contribution in [0.4, 0.5) is 0 Å². The summed E-state index contributed by atoms with van der Waals surface area (Å²) in [4.78, 5) is 12.7. The van der Waals surface area contributed by atoms with Gasteiger partial charge in [-0.05, 0) is 49.0 Å². The van der Waals surface area contributed by atoms with E-state index < -0.39 is 6.10 Å². The molecule has 112 valence electrons. The molecule has 22 heavy (non-hydrogen) atoms. The summed E-state index contributed by atoms with van der Waals surface area (Å²) in [5.74, 6) is -0.116. The van der Waals surface area contributed by atoms with Crippen molar-refractivity contribution >= 4 is 34.8 Å². The molecule has 0 saturated carbocycles. The average Bonchev–Trinajstić information content (AvgIpc) is 2.90. The topological polar surface area (TPSA) is 38.3 Å². The van der Waals surface area contributed by atoms with Gasteiger partial charge in [0.15, 0.2) is 6.10 Å². The number of ether oxygens (including phenoxy) is 1. The van der Waals surface area contributed by atoms with Crippen molar-refractivity contribution in [2.24, 2.45) is 0 Å². The normalized spacial score (nSPS) is 20.4. The monoisotopic (exact) mass is 331 g/mol. The fraction of sp³-hybridized carbons (Fsp3) is 0.176. The molecule has 0 radical (unpaired) electrons. The Morgan fingerprint density at radius 3 is 2.41 bits per heavy atom.